The Morgan fingerprint density at radius 2 is 2.06 bits per heavy atom. The lowest BCUT2D eigenvalue weighted by atomic mass is 10.0. The number of nitrogens with one attached hydrogen (secondary N) is 1. The van der Waals surface area contributed by atoms with Crippen molar-refractivity contribution in [2.75, 3.05) is 0 Å². The van der Waals surface area contributed by atoms with Gasteiger partial charge in [-0.1, -0.05) is 36.1 Å². The summed E-state index contributed by atoms with van der Waals surface area (Å²) >= 11 is 1.44. The van der Waals surface area contributed by atoms with Crippen LogP contribution in [0.5, 0.6) is 5.75 Å². The molecule has 0 unspecified atom stereocenters. The molecule has 0 fully saturated rings. The Labute approximate surface area is 191 Å². The smallest absolute Gasteiger partial charge is 0.233 e. The summed E-state index contributed by atoms with van der Waals surface area (Å²) in [4.78, 5) is 0. The van der Waals surface area contributed by atoms with Crippen molar-refractivity contribution in [3.05, 3.63) is 65.1 Å². The minimum atomic E-state index is -3.52. The highest BCUT2D eigenvalue weighted by Gasteiger charge is 2.28. The Hall–Kier alpha value is -3.06. The third-order valence-corrected chi connectivity index (χ3v) is 7.22. The summed E-state index contributed by atoms with van der Waals surface area (Å²) in [5.41, 5.74) is 4.22. The van der Waals surface area contributed by atoms with Gasteiger partial charge in [0, 0.05) is 22.6 Å². The van der Waals surface area contributed by atoms with Gasteiger partial charge in [-0.3, -0.25) is 0 Å². The molecule has 0 amide bonds. The summed E-state index contributed by atoms with van der Waals surface area (Å²) in [6.45, 7) is 7.19. The number of hydrogen-bond acceptors (Lipinski definition) is 7. The number of rotatable bonds is 7. The SMILES string of the molecule is C=CS(=O)(=O)N[C@H]1CCc2c(-c3nnc(-c4ccc(OC(C)C)c(C#N)c4)s3)cccc21. The summed E-state index contributed by atoms with van der Waals surface area (Å²) in [5.74, 6) is 0.546. The van der Waals surface area contributed by atoms with Gasteiger partial charge in [0.05, 0.1) is 11.7 Å². The fourth-order valence-corrected chi connectivity index (χ4v) is 5.41. The molecule has 7 nitrogen and oxygen atoms in total. The van der Waals surface area contributed by atoms with Crippen LogP contribution >= 0.6 is 11.3 Å². The van der Waals surface area contributed by atoms with Crippen LogP contribution in [0.3, 0.4) is 0 Å². The molecule has 0 bridgehead atoms. The lowest BCUT2D eigenvalue weighted by Gasteiger charge is -2.13. The molecule has 4 rings (SSSR count). The maximum absolute atomic E-state index is 11.9. The maximum atomic E-state index is 11.9. The molecule has 3 aromatic rings. The number of nitriles is 1. The predicted octanol–water partition coefficient (Wildman–Crippen LogP) is 4.58. The molecule has 1 aliphatic rings. The van der Waals surface area contributed by atoms with Crippen LogP contribution in [0.2, 0.25) is 0 Å². The summed E-state index contributed by atoms with van der Waals surface area (Å²) in [5, 5.41) is 20.6. The number of sulfonamides is 1. The third-order valence-electron chi connectivity index (χ3n) is 5.16. The van der Waals surface area contributed by atoms with Gasteiger partial charge < -0.3 is 4.74 Å². The lowest BCUT2D eigenvalue weighted by molar-refractivity contribution is 0.242. The zero-order valence-electron chi connectivity index (χ0n) is 17.7. The fourth-order valence-electron chi connectivity index (χ4n) is 3.78. The van der Waals surface area contributed by atoms with Crippen LogP contribution in [-0.2, 0) is 16.4 Å². The van der Waals surface area contributed by atoms with E-state index in [1.807, 2.05) is 38.1 Å². The van der Waals surface area contributed by atoms with Gasteiger partial charge in [0.1, 0.15) is 21.8 Å². The first kappa shape index (κ1) is 22.1. The molecule has 32 heavy (non-hydrogen) atoms. The fraction of sp³-hybridized carbons (Fsp3) is 0.261. The molecule has 0 radical (unpaired) electrons. The number of ether oxygens (including phenoxy) is 1. The molecule has 0 saturated carbocycles. The van der Waals surface area contributed by atoms with Crippen LogP contribution in [0, 0.1) is 11.3 Å². The van der Waals surface area contributed by atoms with Gasteiger partial charge in [0.25, 0.3) is 0 Å². The predicted molar refractivity (Wildman–Crippen MR) is 125 cm³/mol. The number of fused-ring (bicyclic) bond motifs is 1. The molecule has 1 N–H and O–H groups in total. The monoisotopic (exact) mass is 466 g/mol. The standard InChI is InChI=1S/C23H22N4O3S2/c1-4-32(28,29)27-20-10-9-17-18(20)6-5-7-19(17)23-26-25-22(31-23)15-8-11-21(30-14(2)3)16(12-15)13-24/h4-8,11-12,14,20,27H,1,9-10H2,2-3H3/t20-/m0/s1. The second-order valence-corrected chi connectivity index (χ2v) is 10.3. The van der Waals surface area contributed by atoms with E-state index in [0.29, 0.717) is 22.7 Å². The number of hydrogen-bond donors (Lipinski definition) is 1. The van der Waals surface area contributed by atoms with E-state index in [0.717, 1.165) is 39.1 Å². The van der Waals surface area contributed by atoms with Crippen LogP contribution in [-0.4, -0.2) is 24.7 Å². The van der Waals surface area contributed by atoms with Gasteiger partial charge in [-0.15, -0.1) is 10.2 Å². The summed E-state index contributed by atoms with van der Waals surface area (Å²) in [6.07, 6.45) is 1.39. The van der Waals surface area contributed by atoms with Crippen molar-refractivity contribution >= 4 is 21.4 Å². The molecule has 2 aromatic carbocycles. The lowest BCUT2D eigenvalue weighted by Crippen LogP contribution is -2.25. The minimum absolute atomic E-state index is 0.0268. The van der Waals surface area contributed by atoms with Gasteiger partial charge in [-0.05, 0) is 56.0 Å². The number of aromatic nitrogens is 2. The molecule has 0 aliphatic heterocycles. The summed E-state index contributed by atoms with van der Waals surface area (Å²) in [7, 11) is -3.52. The molecule has 9 heteroatoms. The molecular weight excluding hydrogens is 444 g/mol. The second kappa shape index (κ2) is 8.82. The van der Waals surface area contributed by atoms with Crippen LogP contribution in [0.4, 0.5) is 0 Å². The number of benzene rings is 2. The van der Waals surface area contributed by atoms with Crippen molar-refractivity contribution in [2.24, 2.45) is 0 Å². The molecule has 164 valence electrons. The Bertz CT molecular complexity index is 1320. The van der Waals surface area contributed by atoms with Crippen LogP contribution in [0.15, 0.2) is 48.4 Å². The van der Waals surface area contributed by atoms with Crippen molar-refractivity contribution in [3.63, 3.8) is 0 Å². The molecular formula is C23H22N4O3S2. The third kappa shape index (κ3) is 4.43. The van der Waals surface area contributed by atoms with Crippen LogP contribution in [0.25, 0.3) is 21.1 Å². The van der Waals surface area contributed by atoms with Gasteiger partial charge in [0.15, 0.2) is 0 Å². The highest BCUT2D eigenvalue weighted by molar-refractivity contribution is 7.92. The Morgan fingerprint density at radius 3 is 2.78 bits per heavy atom. The van der Waals surface area contributed by atoms with Crippen molar-refractivity contribution in [2.45, 2.75) is 38.8 Å². The van der Waals surface area contributed by atoms with Gasteiger partial charge >= 0.3 is 0 Å². The van der Waals surface area contributed by atoms with E-state index in [1.165, 1.54) is 11.3 Å². The van der Waals surface area contributed by atoms with E-state index in [9.17, 15) is 13.7 Å². The molecule has 1 atom stereocenters. The maximum Gasteiger partial charge on any atom is 0.233 e. The first-order valence-corrected chi connectivity index (χ1v) is 12.5. The highest BCUT2D eigenvalue weighted by Crippen LogP contribution is 2.40. The van der Waals surface area contributed by atoms with E-state index < -0.39 is 10.0 Å². The van der Waals surface area contributed by atoms with Gasteiger partial charge in [-0.2, -0.15) is 5.26 Å². The Morgan fingerprint density at radius 1 is 1.28 bits per heavy atom. The molecule has 0 spiro atoms. The van der Waals surface area contributed by atoms with Gasteiger partial charge in [-0.25, -0.2) is 13.1 Å². The summed E-state index contributed by atoms with van der Waals surface area (Å²) in [6, 6.07) is 13.1. The molecule has 1 aliphatic carbocycles. The van der Waals surface area contributed by atoms with E-state index in [-0.39, 0.29) is 12.1 Å². The average molecular weight is 467 g/mol. The van der Waals surface area contributed by atoms with Crippen molar-refractivity contribution in [3.8, 4) is 33.0 Å². The van der Waals surface area contributed by atoms with Crippen molar-refractivity contribution in [1.29, 1.82) is 5.26 Å². The normalized spacial score (nSPS) is 15.4. The zero-order valence-corrected chi connectivity index (χ0v) is 19.3. The van der Waals surface area contributed by atoms with Crippen LogP contribution in [0.1, 0.15) is 43.0 Å². The molecule has 0 saturated heterocycles. The minimum Gasteiger partial charge on any atom is -0.490 e. The second-order valence-electron chi connectivity index (χ2n) is 7.70. The first-order chi connectivity index (χ1) is 15.3. The molecule has 1 aromatic heterocycles. The largest absolute Gasteiger partial charge is 0.490 e. The van der Waals surface area contributed by atoms with E-state index >= 15 is 0 Å². The van der Waals surface area contributed by atoms with Crippen molar-refractivity contribution < 1.29 is 13.2 Å². The molecule has 1 heterocycles. The Balaban J connectivity index is 1.65. The highest BCUT2D eigenvalue weighted by atomic mass is 32.2. The van der Waals surface area contributed by atoms with Crippen LogP contribution < -0.4 is 9.46 Å². The quantitative estimate of drug-likeness (QED) is 0.546. The topological polar surface area (TPSA) is 105 Å². The summed E-state index contributed by atoms with van der Waals surface area (Å²) < 4.78 is 32.2. The van der Waals surface area contributed by atoms with Crippen molar-refractivity contribution in [1.82, 2.24) is 14.9 Å². The van der Waals surface area contributed by atoms with E-state index in [2.05, 4.69) is 27.6 Å². The average Bonchev–Trinajstić information content (AvgIpc) is 3.41. The zero-order chi connectivity index (χ0) is 22.9. The number of nitrogens with zero attached hydrogens (tertiary/aromatic N) is 3. The first-order valence-electron chi connectivity index (χ1n) is 10.1. The van der Waals surface area contributed by atoms with Gasteiger partial charge in [0.2, 0.25) is 10.0 Å². The van der Waals surface area contributed by atoms with E-state index in [1.54, 1.807) is 12.1 Å². The Kier molecular flexibility index (Phi) is 6.11. The van der Waals surface area contributed by atoms with E-state index in [4.69, 9.17) is 4.74 Å².